The van der Waals surface area contributed by atoms with E-state index in [9.17, 15) is 0 Å². The number of benzene rings is 1. The van der Waals surface area contributed by atoms with E-state index in [2.05, 4.69) is 11.4 Å². The van der Waals surface area contributed by atoms with Crippen LogP contribution in [0.2, 0.25) is 0 Å². The van der Waals surface area contributed by atoms with Gasteiger partial charge >= 0.3 is 0 Å². The molecule has 116 valence electrons. The minimum atomic E-state index is 0.251. The third kappa shape index (κ3) is 4.70. The minimum Gasteiger partial charge on any atom is -0.497 e. The molecule has 2 fully saturated rings. The van der Waals surface area contributed by atoms with Crippen molar-refractivity contribution in [2.45, 2.75) is 50.5 Å². The van der Waals surface area contributed by atoms with Crippen LogP contribution in [-0.2, 0) is 16.1 Å². The molecule has 4 nitrogen and oxygen atoms in total. The van der Waals surface area contributed by atoms with Gasteiger partial charge in [0.1, 0.15) is 5.75 Å². The van der Waals surface area contributed by atoms with Gasteiger partial charge in [-0.1, -0.05) is 12.1 Å². The van der Waals surface area contributed by atoms with Gasteiger partial charge in [-0.15, -0.1) is 0 Å². The number of ether oxygens (including phenoxy) is 3. The highest BCUT2D eigenvalue weighted by Crippen LogP contribution is 2.23. The second-order valence-corrected chi connectivity index (χ2v) is 6.01. The van der Waals surface area contributed by atoms with Gasteiger partial charge in [0.2, 0.25) is 0 Å². The Hall–Kier alpha value is -1.10. The molecule has 0 amide bonds. The van der Waals surface area contributed by atoms with Crippen molar-refractivity contribution in [2.24, 2.45) is 0 Å². The van der Waals surface area contributed by atoms with Crippen LogP contribution in [0.4, 0.5) is 0 Å². The second-order valence-electron chi connectivity index (χ2n) is 6.01. The van der Waals surface area contributed by atoms with Crippen LogP contribution in [-0.4, -0.2) is 38.5 Å². The molecule has 1 saturated carbocycles. The lowest BCUT2D eigenvalue weighted by Gasteiger charge is -2.14. The van der Waals surface area contributed by atoms with Gasteiger partial charge in [-0.3, -0.25) is 0 Å². The van der Waals surface area contributed by atoms with Crippen LogP contribution in [0.25, 0.3) is 0 Å². The third-order valence-electron chi connectivity index (χ3n) is 4.11. The zero-order chi connectivity index (χ0) is 14.5. The van der Waals surface area contributed by atoms with E-state index in [0.717, 1.165) is 36.7 Å². The lowest BCUT2D eigenvalue weighted by molar-refractivity contribution is -0.0191. The van der Waals surface area contributed by atoms with Gasteiger partial charge < -0.3 is 19.5 Å². The van der Waals surface area contributed by atoms with Crippen molar-refractivity contribution in [1.29, 1.82) is 0 Å². The van der Waals surface area contributed by atoms with E-state index in [1.165, 1.54) is 12.8 Å². The molecule has 1 heterocycles. The van der Waals surface area contributed by atoms with Gasteiger partial charge in [0.25, 0.3) is 0 Å². The molecule has 0 radical (unpaired) electrons. The molecule has 0 spiro atoms. The molecule has 21 heavy (non-hydrogen) atoms. The fourth-order valence-electron chi connectivity index (χ4n) is 2.71. The summed E-state index contributed by atoms with van der Waals surface area (Å²) in [7, 11) is 1.68. The summed E-state index contributed by atoms with van der Waals surface area (Å²) in [4.78, 5) is 0. The van der Waals surface area contributed by atoms with Crippen LogP contribution in [0.15, 0.2) is 24.3 Å². The molecule has 2 unspecified atom stereocenters. The summed E-state index contributed by atoms with van der Waals surface area (Å²) < 4.78 is 17.0. The Bertz CT molecular complexity index is 447. The van der Waals surface area contributed by atoms with E-state index in [-0.39, 0.29) is 6.10 Å². The van der Waals surface area contributed by atoms with E-state index in [0.29, 0.717) is 19.3 Å². The lowest BCUT2D eigenvalue weighted by atomic mass is 10.2. The zero-order valence-electron chi connectivity index (χ0n) is 12.7. The standard InChI is InChI=1S/C17H25NO3/c1-19-15-4-2-3-13(9-15)11-20-12-17-8-7-16(21-17)10-18-14-5-6-14/h2-4,9,14,16-18H,5-8,10-12H2,1H3. The van der Waals surface area contributed by atoms with Gasteiger partial charge in [-0.2, -0.15) is 0 Å². The molecule has 0 aromatic heterocycles. The molecule has 1 N–H and O–H groups in total. The average molecular weight is 291 g/mol. The molecule has 1 aliphatic carbocycles. The number of hydrogen-bond acceptors (Lipinski definition) is 4. The SMILES string of the molecule is COc1cccc(COCC2CCC(CNC3CC3)O2)c1. The highest BCUT2D eigenvalue weighted by molar-refractivity contribution is 5.27. The quantitative estimate of drug-likeness (QED) is 0.799. The van der Waals surface area contributed by atoms with E-state index >= 15 is 0 Å². The van der Waals surface area contributed by atoms with Crippen molar-refractivity contribution >= 4 is 0 Å². The number of hydrogen-bond donors (Lipinski definition) is 1. The number of methoxy groups -OCH3 is 1. The molecule has 3 rings (SSSR count). The Labute approximate surface area is 126 Å². The summed E-state index contributed by atoms with van der Waals surface area (Å²) in [5.41, 5.74) is 1.14. The molecular formula is C17H25NO3. The maximum absolute atomic E-state index is 6.01. The van der Waals surface area contributed by atoms with Gasteiger partial charge in [0, 0.05) is 12.6 Å². The minimum absolute atomic E-state index is 0.251. The second kappa shape index (κ2) is 7.25. The molecule has 1 aliphatic heterocycles. The normalized spacial score (nSPS) is 25.2. The first-order valence-corrected chi connectivity index (χ1v) is 7.93. The molecule has 1 aromatic carbocycles. The van der Waals surface area contributed by atoms with Crippen molar-refractivity contribution in [2.75, 3.05) is 20.3 Å². The fourth-order valence-corrected chi connectivity index (χ4v) is 2.71. The molecular weight excluding hydrogens is 266 g/mol. The molecule has 2 aliphatic rings. The fraction of sp³-hybridized carbons (Fsp3) is 0.647. The lowest BCUT2D eigenvalue weighted by Crippen LogP contribution is -2.29. The number of nitrogens with one attached hydrogen (secondary N) is 1. The molecule has 1 aromatic rings. The summed E-state index contributed by atoms with van der Waals surface area (Å²) in [5, 5.41) is 3.53. The first kappa shape index (κ1) is 14.8. The van der Waals surface area contributed by atoms with Gasteiger partial charge in [-0.25, -0.2) is 0 Å². The summed E-state index contributed by atoms with van der Waals surface area (Å²) in [6, 6.07) is 8.76. The van der Waals surface area contributed by atoms with Crippen LogP contribution < -0.4 is 10.1 Å². The Balaban J connectivity index is 1.33. The zero-order valence-corrected chi connectivity index (χ0v) is 12.7. The molecule has 0 bridgehead atoms. The van der Waals surface area contributed by atoms with Gasteiger partial charge in [0.15, 0.2) is 0 Å². The Kier molecular flexibility index (Phi) is 5.12. The Morgan fingerprint density at radius 3 is 2.86 bits per heavy atom. The van der Waals surface area contributed by atoms with Crippen molar-refractivity contribution < 1.29 is 14.2 Å². The van der Waals surface area contributed by atoms with Crippen molar-refractivity contribution in [3.8, 4) is 5.75 Å². The summed E-state index contributed by atoms with van der Waals surface area (Å²) in [6.45, 7) is 2.29. The van der Waals surface area contributed by atoms with E-state index < -0.39 is 0 Å². The van der Waals surface area contributed by atoms with E-state index in [1.807, 2.05) is 18.2 Å². The highest BCUT2D eigenvalue weighted by atomic mass is 16.5. The summed E-state index contributed by atoms with van der Waals surface area (Å²) in [6.07, 6.45) is 5.54. The average Bonchev–Trinajstić information content (AvgIpc) is 3.24. The van der Waals surface area contributed by atoms with Crippen LogP contribution in [0.3, 0.4) is 0 Å². The van der Waals surface area contributed by atoms with Crippen LogP contribution in [0.1, 0.15) is 31.2 Å². The van der Waals surface area contributed by atoms with E-state index in [1.54, 1.807) is 7.11 Å². The van der Waals surface area contributed by atoms with Crippen LogP contribution in [0, 0.1) is 0 Å². The molecule has 2 atom stereocenters. The highest BCUT2D eigenvalue weighted by Gasteiger charge is 2.27. The smallest absolute Gasteiger partial charge is 0.119 e. The predicted octanol–water partition coefficient (Wildman–Crippen LogP) is 2.51. The van der Waals surface area contributed by atoms with Gasteiger partial charge in [-0.05, 0) is 43.4 Å². The maximum Gasteiger partial charge on any atom is 0.119 e. The summed E-state index contributed by atoms with van der Waals surface area (Å²) in [5.74, 6) is 0.874. The topological polar surface area (TPSA) is 39.7 Å². The van der Waals surface area contributed by atoms with Crippen LogP contribution in [0.5, 0.6) is 5.75 Å². The first-order valence-electron chi connectivity index (χ1n) is 7.93. The monoisotopic (exact) mass is 291 g/mol. The third-order valence-corrected chi connectivity index (χ3v) is 4.11. The van der Waals surface area contributed by atoms with E-state index in [4.69, 9.17) is 14.2 Å². The van der Waals surface area contributed by atoms with Gasteiger partial charge in [0.05, 0.1) is 32.5 Å². The first-order chi connectivity index (χ1) is 10.3. The van der Waals surface area contributed by atoms with Crippen molar-refractivity contribution in [3.63, 3.8) is 0 Å². The van der Waals surface area contributed by atoms with Crippen molar-refractivity contribution in [3.05, 3.63) is 29.8 Å². The van der Waals surface area contributed by atoms with Crippen molar-refractivity contribution in [1.82, 2.24) is 5.32 Å². The molecule has 1 saturated heterocycles. The Morgan fingerprint density at radius 2 is 2.05 bits per heavy atom. The largest absolute Gasteiger partial charge is 0.497 e. The Morgan fingerprint density at radius 1 is 1.19 bits per heavy atom. The van der Waals surface area contributed by atoms with Crippen LogP contribution >= 0.6 is 0 Å². The molecule has 4 heteroatoms. The number of rotatable bonds is 8. The summed E-state index contributed by atoms with van der Waals surface area (Å²) >= 11 is 0. The predicted molar refractivity (Wildman–Crippen MR) is 81.6 cm³/mol. The maximum atomic E-state index is 6.01.